The topological polar surface area (TPSA) is 12.0 Å². The molecule has 1 rings (SSSR count). The molecule has 44 valence electrons. The van der Waals surface area contributed by atoms with E-state index in [1.165, 1.54) is 4.91 Å². The zero-order valence-corrected chi connectivity index (χ0v) is 5.66. The van der Waals surface area contributed by atoms with E-state index in [1.807, 2.05) is 6.20 Å². The normalized spacial score (nSPS) is 17.4. The molecule has 8 heavy (non-hydrogen) atoms. The summed E-state index contributed by atoms with van der Waals surface area (Å²) >= 11 is 1.78. The molecule has 0 amide bonds. The zero-order valence-electron chi connectivity index (χ0n) is 4.85. The Labute approximate surface area is 53.9 Å². The fraction of sp³-hybridized carbons (Fsp3) is 0.333. The van der Waals surface area contributed by atoms with Gasteiger partial charge in [-0.15, -0.1) is 11.8 Å². The van der Waals surface area contributed by atoms with Gasteiger partial charge < -0.3 is 5.32 Å². The van der Waals surface area contributed by atoms with Gasteiger partial charge in [-0.05, 0) is 18.5 Å². The monoisotopic (exact) mass is 127 g/mol. The predicted octanol–water partition coefficient (Wildman–Crippen LogP) is 1.35. The summed E-state index contributed by atoms with van der Waals surface area (Å²) in [5.41, 5.74) is 0. The summed E-state index contributed by atoms with van der Waals surface area (Å²) in [4.78, 5) is 1.35. The third-order valence-corrected chi connectivity index (χ3v) is 1.80. The smallest absolute Gasteiger partial charge is 0.0339 e. The van der Waals surface area contributed by atoms with Gasteiger partial charge in [-0.2, -0.15) is 0 Å². The second-order valence-corrected chi connectivity index (χ2v) is 2.43. The van der Waals surface area contributed by atoms with Crippen molar-refractivity contribution in [1.82, 2.24) is 5.32 Å². The van der Waals surface area contributed by atoms with Crippen LogP contribution >= 0.6 is 11.8 Å². The summed E-state index contributed by atoms with van der Waals surface area (Å²) in [6.07, 6.45) is 8.31. The van der Waals surface area contributed by atoms with E-state index in [-0.39, 0.29) is 0 Å². The molecule has 2 heteroatoms. The fourth-order valence-corrected chi connectivity index (χ4v) is 1.04. The molecule has 0 aromatic heterocycles. The van der Waals surface area contributed by atoms with Crippen molar-refractivity contribution in [3.8, 4) is 0 Å². The average Bonchev–Trinajstić information content (AvgIpc) is 1.90. The highest BCUT2D eigenvalue weighted by Crippen LogP contribution is 2.12. The van der Waals surface area contributed by atoms with Crippen molar-refractivity contribution in [1.29, 1.82) is 0 Å². The number of nitrogens with one attached hydrogen (secondary N) is 1. The average molecular weight is 127 g/mol. The Hall–Kier alpha value is -0.370. The van der Waals surface area contributed by atoms with Crippen LogP contribution in [0.25, 0.3) is 0 Å². The first-order chi connectivity index (χ1) is 3.93. The van der Waals surface area contributed by atoms with E-state index in [0.717, 1.165) is 6.54 Å². The van der Waals surface area contributed by atoms with Gasteiger partial charge in [-0.1, -0.05) is 6.08 Å². The van der Waals surface area contributed by atoms with Crippen LogP contribution in [-0.2, 0) is 0 Å². The third kappa shape index (κ3) is 1.30. The molecule has 0 saturated carbocycles. The van der Waals surface area contributed by atoms with E-state index in [2.05, 4.69) is 23.7 Å². The number of thioether (sulfide) groups is 1. The van der Waals surface area contributed by atoms with Crippen molar-refractivity contribution in [2.75, 3.05) is 12.8 Å². The summed E-state index contributed by atoms with van der Waals surface area (Å²) in [5, 5.41) is 3.08. The molecular formula is C6H9NS. The molecule has 1 aliphatic heterocycles. The Balaban J connectivity index is 2.51. The van der Waals surface area contributed by atoms with Crippen LogP contribution in [0.3, 0.4) is 0 Å². The maximum atomic E-state index is 3.08. The minimum absolute atomic E-state index is 0.979. The van der Waals surface area contributed by atoms with Crippen LogP contribution in [0.1, 0.15) is 0 Å². The molecule has 1 nitrogen and oxygen atoms in total. The molecule has 0 bridgehead atoms. The first kappa shape index (κ1) is 5.76. The van der Waals surface area contributed by atoms with Gasteiger partial charge in [0.1, 0.15) is 0 Å². The first-order valence-corrected chi connectivity index (χ1v) is 3.80. The molecule has 0 unspecified atom stereocenters. The second-order valence-electron chi connectivity index (χ2n) is 1.55. The van der Waals surface area contributed by atoms with Gasteiger partial charge in [0.25, 0.3) is 0 Å². The maximum Gasteiger partial charge on any atom is 0.0339 e. The van der Waals surface area contributed by atoms with Crippen molar-refractivity contribution in [3.05, 3.63) is 23.3 Å². The summed E-state index contributed by atoms with van der Waals surface area (Å²) < 4.78 is 0. The van der Waals surface area contributed by atoms with Gasteiger partial charge >= 0.3 is 0 Å². The van der Waals surface area contributed by atoms with E-state index in [1.54, 1.807) is 11.8 Å². The number of hydrogen-bond acceptors (Lipinski definition) is 2. The van der Waals surface area contributed by atoms with E-state index in [9.17, 15) is 0 Å². The van der Waals surface area contributed by atoms with Crippen LogP contribution in [0.15, 0.2) is 23.3 Å². The molecule has 0 atom stereocenters. The molecule has 0 spiro atoms. The SMILES string of the molecule is CSC1=CCNC=C1. The fourth-order valence-electron chi connectivity index (χ4n) is 0.588. The predicted molar refractivity (Wildman–Crippen MR) is 38.7 cm³/mol. The van der Waals surface area contributed by atoms with Crippen molar-refractivity contribution in [2.24, 2.45) is 0 Å². The number of rotatable bonds is 1. The molecule has 0 fully saturated rings. The van der Waals surface area contributed by atoms with E-state index < -0.39 is 0 Å². The lowest BCUT2D eigenvalue weighted by Crippen LogP contribution is -2.07. The van der Waals surface area contributed by atoms with Crippen molar-refractivity contribution < 1.29 is 0 Å². The lowest BCUT2D eigenvalue weighted by Gasteiger charge is -2.03. The third-order valence-electron chi connectivity index (χ3n) is 1.02. The Kier molecular flexibility index (Phi) is 2.03. The molecule has 1 N–H and O–H groups in total. The highest BCUT2D eigenvalue weighted by Gasteiger charge is 1.90. The van der Waals surface area contributed by atoms with E-state index in [0.29, 0.717) is 0 Å². The van der Waals surface area contributed by atoms with Crippen LogP contribution < -0.4 is 5.32 Å². The molecule has 1 heterocycles. The summed E-state index contributed by atoms with van der Waals surface area (Å²) in [5.74, 6) is 0. The Morgan fingerprint density at radius 3 is 3.00 bits per heavy atom. The van der Waals surface area contributed by atoms with Crippen LogP contribution in [0.5, 0.6) is 0 Å². The molecule has 0 aliphatic carbocycles. The minimum Gasteiger partial charge on any atom is -0.387 e. The molecule has 0 radical (unpaired) electrons. The van der Waals surface area contributed by atoms with Crippen molar-refractivity contribution in [2.45, 2.75) is 0 Å². The molecule has 0 saturated heterocycles. The van der Waals surface area contributed by atoms with Gasteiger partial charge in [0, 0.05) is 11.4 Å². The lowest BCUT2D eigenvalue weighted by molar-refractivity contribution is 0.969. The number of hydrogen-bond donors (Lipinski definition) is 1. The van der Waals surface area contributed by atoms with Crippen molar-refractivity contribution >= 4 is 11.8 Å². The van der Waals surface area contributed by atoms with Gasteiger partial charge in [0.05, 0.1) is 0 Å². The highest BCUT2D eigenvalue weighted by molar-refractivity contribution is 8.02. The van der Waals surface area contributed by atoms with Crippen LogP contribution in [0.2, 0.25) is 0 Å². The van der Waals surface area contributed by atoms with E-state index in [4.69, 9.17) is 0 Å². The largest absolute Gasteiger partial charge is 0.387 e. The highest BCUT2D eigenvalue weighted by atomic mass is 32.2. The van der Waals surface area contributed by atoms with E-state index >= 15 is 0 Å². The summed E-state index contributed by atoms with van der Waals surface area (Å²) in [6, 6.07) is 0. The molecule has 0 aromatic carbocycles. The molecule has 0 aromatic rings. The first-order valence-electron chi connectivity index (χ1n) is 2.57. The van der Waals surface area contributed by atoms with Crippen molar-refractivity contribution in [3.63, 3.8) is 0 Å². The van der Waals surface area contributed by atoms with Gasteiger partial charge in [0.15, 0.2) is 0 Å². The van der Waals surface area contributed by atoms with Gasteiger partial charge in [0.2, 0.25) is 0 Å². The second kappa shape index (κ2) is 2.82. The standard InChI is InChI=1S/C6H9NS/c1-8-6-2-4-7-5-3-6/h2-4,7H,5H2,1H3. The Morgan fingerprint density at radius 1 is 1.75 bits per heavy atom. The number of allylic oxidation sites excluding steroid dienone is 1. The van der Waals surface area contributed by atoms with Crippen LogP contribution in [-0.4, -0.2) is 12.8 Å². The number of dihydropyridines is 1. The van der Waals surface area contributed by atoms with Gasteiger partial charge in [-0.25, -0.2) is 0 Å². The lowest BCUT2D eigenvalue weighted by atomic mass is 10.4. The quantitative estimate of drug-likeness (QED) is 0.570. The van der Waals surface area contributed by atoms with Crippen LogP contribution in [0.4, 0.5) is 0 Å². The summed E-state index contributed by atoms with van der Waals surface area (Å²) in [7, 11) is 0. The molecule has 1 aliphatic rings. The van der Waals surface area contributed by atoms with Crippen LogP contribution in [0, 0.1) is 0 Å². The minimum atomic E-state index is 0.979. The maximum absolute atomic E-state index is 3.08. The molecular weight excluding hydrogens is 118 g/mol. The zero-order chi connectivity index (χ0) is 5.82. The van der Waals surface area contributed by atoms with Gasteiger partial charge in [-0.3, -0.25) is 0 Å². The summed E-state index contributed by atoms with van der Waals surface area (Å²) in [6.45, 7) is 0.979. The Bertz CT molecular complexity index is 126. The Morgan fingerprint density at radius 2 is 2.62 bits per heavy atom.